The first-order valence-electron chi connectivity index (χ1n) is 9.09. The summed E-state index contributed by atoms with van der Waals surface area (Å²) in [5.41, 5.74) is 2.10. The van der Waals surface area contributed by atoms with E-state index in [0.717, 1.165) is 5.56 Å². The van der Waals surface area contributed by atoms with Crippen LogP contribution in [0.15, 0.2) is 53.7 Å². The van der Waals surface area contributed by atoms with Gasteiger partial charge in [0.05, 0.1) is 4.92 Å². The highest BCUT2D eigenvalue weighted by Gasteiger charge is 2.38. The highest BCUT2D eigenvalue weighted by Crippen LogP contribution is 2.43. The molecular formula is C21H16ClFN2O4. The van der Waals surface area contributed by atoms with E-state index >= 15 is 0 Å². The van der Waals surface area contributed by atoms with Crippen molar-refractivity contribution in [2.45, 2.75) is 31.1 Å². The summed E-state index contributed by atoms with van der Waals surface area (Å²) in [4.78, 5) is 36.0. The van der Waals surface area contributed by atoms with Crippen molar-refractivity contribution in [2.75, 3.05) is 0 Å². The maximum Gasteiger partial charge on any atom is 0.288 e. The number of carbonyl (C=O) groups is 2. The molecule has 0 saturated carbocycles. The number of rotatable bonds is 3. The van der Waals surface area contributed by atoms with Crippen LogP contribution in [0.2, 0.25) is 5.02 Å². The summed E-state index contributed by atoms with van der Waals surface area (Å²) in [6.07, 6.45) is 0.696. The molecule has 0 bridgehead atoms. The zero-order valence-corrected chi connectivity index (χ0v) is 15.9. The van der Waals surface area contributed by atoms with Gasteiger partial charge in [-0.25, -0.2) is 4.39 Å². The summed E-state index contributed by atoms with van der Waals surface area (Å²) in [5, 5.41) is 14.0. The highest BCUT2D eigenvalue weighted by molar-refractivity contribution is 6.32. The Morgan fingerprint density at radius 2 is 1.72 bits per heavy atom. The predicted octanol–water partition coefficient (Wildman–Crippen LogP) is 4.39. The largest absolute Gasteiger partial charge is 0.329 e. The van der Waals surface area contributed by atoms with Crippen LogP contribution < -0.4 is 5.32 Å². The number of amides is 1. The Bertz CT molecular complexity index is 1060. The first kappa shape index (κ1) is 19.3. The molecule has 0 radical (unpaired) electrons. The molecule has 4 rings (SSSR count). The SMILES string of the molecule is O=C1C[C@H](c2ccc(Cl)c([N+](=O)[O-])c2)C2=C(C[C@@H](c3ccc(F)cc3)CC2=O)N1. The van der Waals surface area contributed by atoms with Crippen LogP contribution in [0.1, 0.15) is 42.2 Å². The number of halogens is 2. The number of carbonyl (C=O) groups excluding carboxylic acids is 2. The van der Waals surface area contributed by atoms with E-state index in [2.05, 4.69) is 5.32 Å². The molecule has 0 aromatic heterocycles. The molecule has 148 valence electrons. The van der Waals surface area contributed by atoms with E-state index in [1.165, 1.54) is 24.3 Å². The van der Waals surface area contributed by atoms with Gasteiger partial charge in [-0.05, 0) is 41.7 Å². The van der Waals surface area contributed by atoms with Crippen LogP contribution in [0.5, 0.6) is 0 Å². The van der Waals surface area contributed by atoms with E-state index in [1.807, 2.05) is 0 Å². The smallest absolute Gasteiger partial charge is 0.288 e. The van der Waals surface area contributed by atoms with Gasteiger partial charge in [0.15, 0.2) is 5.78 Å². The van der Waals surface area contributed by atoms with Gasteiger partial charge in [0, 0.05) is 36.1 Å². The summed E-state index contributed by atoms with van der Waals surface area (Å²) in [5.74, 6) is -1.45. The average Bonchev–Trinajstić information content (AvgIpc) is 2.67. The normalized spacial score (nSPS) is 21.6. The Labute approximate surface area is 170 Å². The maximum absolute atomic E-state index is 13.2. The number of ketones is 1. The fourth-order valence-electron chi connectivity index (χ4n) is 4.10. The maximum atomic E-state index is 13.2. The van der Waals surface area contributed by atoms with Gasteiger partial charge < -0.3 is 5.32 Å². The van der Waals surface area contributed by atoms with Crippen molar-refractivity contribution in [2.24, 2.45) is 0 Å². The Hall–Kier alpha value is -3.06. The molecule has 1 aliphatic heterocycles. The fraction of sp³-hybridized carbons (Fsp3) is 0.238. The van der Waals surface area contributed by atoms with Crippen LogP contribution in [-0.4, -0.2) is 16.6 Å². The Kier molecular flexibility index (Phi) is 4.92. The van der Waals surface area contributed by atoms with E-state index in [0.29, 0.717) is 23.3 Å². The molecule has 29 heavy (non-hydrogen) atoms. The molecule has 1 heterocycles. The molecule has 6 nitrogen and oxygen atoms in total. The minimum Gasteiger partial charge on any atom is -0.329 e. The summed E-state index contributed by atoms with van der Waals surface area (Å²) in [6, 6.07) is 10.3. The van der Waals surface area contributed by atoms with E-state index < -0.39 is 10.8 Å². The first-order valence-corrected chi connectivity index (χ1v) is 9.46. The van der Waals surface area contributed by atoms with Crippen molar-refractivity contribution in [3.05, 3.63) is 85.8 Å². The van der Waals surface area contributed by atoms with E-state index in [-0.39, 0.29) is 47.0 Å². The molecule has 8 heteroatoms. The van der Waals surface area contributed by atoms with Gasteiger partial charge in [-0.2, -0.15) is 0 Å². The van der Waals surface area contributed by atoms with Gasteiger partial charge in [-0.3, -0.25) is 19.7 Å². The monoisotopic (exact) mass is 414 g/mol. The van der Waals surface area contributed by atoms with Crippen molar-refractivity contribution in [1.82, 2.24) is 5.32 Å². The molecule has 1 amide bonds. The van der Waals surface area contributed by atoms with Gasteiger partial charge in [0.25, 0.3) is 5.69 Å². The molecule has 0 spiro atoms. The van der Waals surface area contributed by atoms with Gasteiger partial charge in [-0.1, -0.05) is 29.8 Å². The molecular weight excluding hydrogens is 399 g/mol. The standard InChI is InChI=1S/C21H16ClFN2O4/c22-16-6-3-12(8-18(16)25(28)29)15-10-20(27)24-17-7-13(9-19(26)21(15)17)11-1-4-14(23)5-2-11/h1-6,8,13,15H,7,9-10H2,(H,24,27)/t13-,15-/m1/s1. The number of hydrogen-bond donors (Lipinski definition) is 1. The molecule has 0 unspecified atom stereocenters. The van der Waals surface area contributed by atoms with Gasteiger partial charge in [-0.15, -0.1) is 0 Å². The first-order chi connectivity index (χ1) is 13.8. The van der Waals surface area contributed by atoms with Crippen molar-refractivity contribution >= 4 is 29.0 Å². The molecule has 2 aromatic carbocycles. The van der Waals surface area contributed by atoms with E-state index in [1.54, 1.807) is 18.2 Å². The number of nitro groups is 1. The third kappa shape index (κ3) is 3.65. The van der Waals surface area contributed by atoms with Gasteiger partial charge in [0.2, 0.25) is 5.91 Å². The molecule has 2 aliphatic rings. The van der Waals surface area contributed by atoms with Crippen molar-refractivity contribution in [3.63, 3.8) is 0 Å². The van der Waals surface area contributed by atoms with Crippen LogP contribution in [-0.2, 0) is 9.59 Å². The highest BCUT2D eigenvalue weighted by atomic mass is 35.5. The second-order valence-corrected chi connectivity index (χ2v) is 7.65. The number of nitrogens with zero attached hydrogens (tertiary/aromatic N) is 1. The van der Waals surface area contributed by atoms with E-state index in [4.69, 9.17) is 11.6 Å². The number of nitro benzene ring substituents is 1. The molecule has 0 saturated heterocycles. The average molecular weight is 415 g/mol. The minimum absolute atomic E-state index is 0.000409. The van der Waals surface area contributed by atoms with Crippen molar-refractivity contribution < 1.29 is 18.9 Å². The molecule has 2 aromatic rings. The third-order valence-corrected chi connectivity index (χ3v) is 5.77. The van der Waals surface area contributed by atoms with Gasteiger partial charge in [0.1, 0.15) is 10.8 Å². The van der Waals surface area contributed by atoms with E-state index in [9.17, 15) is 24.1 Å². The number of nitrogens with one attached hydrogen (secondary N) is 1. The molecule has 2 atom stereocenters. The lowest BCUT2D eigenvalue weighted by atomic mass is 9.73. The Balaban J connectivity index is 1.73. The van der Waals surface area contributed by atoms with Crippen LogP contribution in [0.4, 0.5) is 10.1 Å². The van der Waals surface area contributed by atoms with Crippen molar-refractivity contribution in [3.8, 4) is 0 Å². The van der Waals surface area contributed by atoms with Crippen LogP contribution in [0.3, 0.4) is 0 Å². The summed E-state index contributed by atoms with van der Waals surface area (Å²) in [6.45, 7) is 0. The summed E-state index contributed by atoms with van der Waals surface area (Å²) < 4.78 is 13.2. The lowest BCUT2D eigenvalue weighted by Crippen LogP contribution is -2.38. The second-order valence-electron chi connectivity index (χ2n) is 7.24. The number of allylic oxidation sites excluding steroid dienone is 2. The Morgan fingerprint density at radius 3 is 2.41 bits per heavy atom. The lowest BCUT2D eigenvalue weighted by Gasteiger charge is -2.34. The number of Topliss-reactive ketones (excluding diaryl/α,β-unsaturated/α-hetero) is 1. The van der Waals surface area contributed by atoms with Crippen LogP contribution >= 0.6 is 11.6 Å². The van der Waals surface area contributed by atoms with Gasteiger partial charge >= 0.3 is 0 Å². The fourth-order valence-corrected chi connectivity index (χ4v) is 4.29. The van der Waals surface area contributed by atoms with Crippen molar-refractivity contribution in [1.29, 1.82) is 0 Å². The van der Waals surface area contributed by atoms with Crippen LogP contribution in [0, 0.1) is 15.9 Å². The molecule has 1 aliphatic carbocycles. The third-order valence-electron chi connectivity index (χ3n) is 5.45. The van der Waals surface area contributed by atoms with Crippen LogP contribution in [0.25, 0.3) is 0 Å². The number of hydrogen-bond acceptors (Lipinski definition) is 4. The molecule has 0 fully saturated rings. The second kappa shape index (κ2) is 7.40. The zero-order chi connectivity index (χ0) is 20.7. The predicted molar refractivity (Wildman–Crippen MR) is 104 cm³/mol. The molecule has 1 N–H and O–H groups in total. The summed E-state index contributed by atoms with van der Waals surface area (Å²) >= 11 is 5.90. The minimum atomic E-state index is -0.586. The lowest BCUT2D eigenvalue weighted by molar-refractivity contribution is -0.384. The quantitative estimate of drug-likeness (QED) is 0.595. The zero-order valence-electron chi connectivity index (χ0n) is 15.2. The topological polar surface area (TPSA) is 89.3 Å². The Morgan fingerprint density at radius 1 is 1.03 bits per heavy atom. The number of benzene rings is 2. The summed E-state index contributed by atoms with van der Waals surface area (Å²) in [7, 11) is 0.